The average Bonchev–Trinajstić information content (AvgIpc) is 2.66. The number of hydrogen-bond acceptors (Lipinski definition) is 3. The zero-order valence-corrected chi connectivity index (χ0v) is 11.1. The normalized spacial score (nSPS) is 16.4. The van der Waals surface area contributed by atoms with E-state index in [0.717, 1.165) is 26.2 Å². The van der Waals surface area contributed by atoms with E-state index in [1.165, 1.54) is 16.6 Å². The number of benzene rings is 1. The first-order valence-corrected chi connectivity index (χ1v) is 6.65. The molecule has 18 heavy (non-hydrogen) atoms. The molecule has 1 aromatic heterocycles. The van der Waals surface area contributed by atoms with Gasteiger partial charge < -0.3 is 5.32 Å². The van der Waals surface area contributed by atoms with Crippen LogP contribution in [0.15, 0.2) is 24.3 Å². The number of aryl methyl sites for hydroxylation is 1. The Kier molecular flexibility index (Phi) is 3.06. The Hall–Kier alpha value is -1.39. The highest BCUT2D eigenvalue weighted by molar-refractivity contribution is 5.81. The smallest absolute Gasteiger partial charge is 0.0843 e. The van der Waals surface area contributed by atoms with Gasteiger partial charge in [-0.25, -0.2) is 0 Å². The molecule has 0 saturated carbocycles. The lowest BCUT2D eigenvalue weighted by molar-refractivity contribution is 0.171. The fourth-order valence-corrected chi connectivity index (χ4v) is 2.50. The van der Waals surface area contributed by atoms with Crippen LogP contribution in [0.2, 0.25) is 0 Å². The topological polar surface area (TPSA) is 33.1 Å². The van der Waals surface area contributed by atoms with Crippen LogP contribution in [0.5, 0.6) is 0 Å². The second-order valence-electron chi connectivity index (χ2n) is 5.01. The van der Waals surface area contributed by atoms with Gasteiger partial charge in [0.2, 0.25) is 0 Å². The van der Waals surface area contributed by atoms with Crippen molar-refractivity contribution in [3.8, 4) is 0 Å². The number of aromatic nitrogens is 2. The van der Waals surface area contributed by atoms with Crippen molar-refractivity contribution in [2.45, 2.75) is 26.1 Å². The highest BCUT2D eigenvalue weighted by atomic mass is 15.3. The highest BCUT2D eigenvalue weighted by Crippen LogP contribution is 2.20. The highest BCUT2D eigenvalue weighted by Gasteiger charge is 2.22. The summed E-state index contributed by atoms with van der Waals surface area (Å²) in [5.74, 6) is 0. The Morgan fingerprint density at radius 3 is 2.83 bits per heavy atom. The van der Waals surface area contributed by atoms with Crippen molar-refractivity contribution in [3.05, 3.63) is 30.0 Å². The maximum absolute atomic E-state index is 4.74. The molecule has 3 rings (SSSR count). The molecule has 1 aliphatic heterocycles. The van der Waals surface area contributed by atoms with Crippen LogP contribution in [0.1, 0.15) is 12.6 Å². The molecule has 0 aliphatic carbocycles. The first-order valence-electron chi connectivity index (χ1n) is 6.65. The second-order valence-corrected chi connectivity index (χ2v) is 5.01. The molecule has 0 atom stereocenters. The van der Waals surface area contributed by atoms with E-state index in [2.05, 4.69) is 53.1 Å². The summed E-state index contributed by atoms with van der Waals surface area (Å²) in [5.41, 5.74) is 2.44. The van der Waals surface area contributed by atoms with Gasteiger partial charge in [-0.1, -0.05) is 18.2 Å². The van der Waals surface area contributed by atoms with E-state index in [-0.39, 0.29) is 0 Å². The molecule has 2 aromatic rings. The predicted molar refractivity (Wildman–Crippen MR) is 73.5 cm³/mol. The molecule has 1 N–H and O–H groups in total. The molecule has 1 saturated heterocycles. The van der Waals surface area contributed by atoms with Crippen LogP contribution in [0.3, 0.4) is 0 Å². The van der Waals surface area contributed by atoms with Gasteiger partial charge in [0.25, 0.3) is 0 Å². The lowest BCUT2D eigenvalue weighted by Crippen LogP contribution is -2.55. The maximum atomic E-state index is 4.74. The van der Waals surface area contributed by atoms with E-state index in [0.29, 0.717) is 6.04 Å². The van der Waals surface area contributed by atoms with Gasteiger partial charge >= 0.3 is 0 Å². The van der Waals surface area contributed by atoms with E-state index in [1.807, 2.05) is 0 Å². The van der Waals surface area contributed by atoms with Gasteiger partial charge in [0.15, 0.2) is 0 Å². The minimum atomic E-state index is 0.663. The number of para-hydroxylation sites is 1. The third-order valence-electron chi connectivity index (χ3n) is 3.82. The molecule has 4 heteroatoms. The Labute approximate surface area is 108 Å². The Morgan fingerprint density at radius 2 is 2.17 bits per heavy atom. The van der Waals surface area contributed by atoms with Gasteiger partial charge in [-0.2, -0.15) is 5.10 Å². The molecule has 0 spiro atoms. The molecule has 1 fully saturated rings. The second kappa shape index (κ2) is 4.71. The third kappa shape index (κ3) is 1.91. The van der Waals surface area contributed by atoms with Gasteiger partial charge in [0.05, 0.1) is 11.2 Å². The summed E-state index contributed by atoms with van der Waals surface area (Å²) in [5, 5.41) is 9.35. The van der Waals surface area contributed by atoms with Crippen molar-refractivity contribution in [1.29, 1.82) is 0 Å². The van der Waals surface area contributed by atoms with E-state index in [1.54, 1.807) is 0 Å². The summed E-state index contributed by atoms with van der Waals surface area (Å²) in [6.07, 6.45) is 0. The van der Waals surface area contributed by atoms with Crippen molar-refractivity contribution in [2.24, 2.45) is 0 Å². The lowest BCUT2D eigenvalue weighted by Gasteiger charge is -2.35. The van der Waals surface area contributed by atoms with Gasteiger partial charge in [0.1, 0.15) is 0 Å². The van der Waals surface area contributed by atoms with Gasteiger partial charge in [-0.3, -0.25) is 9.58 Å². The Bertz CT molecular complexity index is 542. The maximum Gasteiger partial charge on any atom is 0.0843 e. The van der Waals surface area contributed by atoms with E-state index < -0.39 is 0 Å². The van der Waals surface area contributed by atoms with Gasteiger partial charge in [-0.15, -0.1) is 0 Å². The minimum Gasteiger partial charge on any atom is -0.314 e. The predicted octanol–water partition coefficient (Wildman–Crippen LogP) is 1.46. The largest absolute Gasteiger partial charge is 0.314 e. The Balaban J connectivity index is 1.91. The quantitative estimate of drug-likeness (QED) is 0.884. The molecule has 1 aliphatic rings. The van der Waals surface area contributed by atoms with Crippen LogP contribution in [0.4, 0.5) is 0 Å². The van der Waals surface area contributed by atoms with Crippen molar-refractivity contribution < 1.29 is 0 Å². The molecule has 1 aromatic carbocycles. The van der Waals surface area contributed by atoms with Crippen LogP contribution in [-0.4, -0.2) is 40.9 Å². The van der Waals surface area contributed by atoms with Crippen LogP contribution in [0, 0.1) is 0 Å². The molecular weight excluding hydrogens is 224 g/mol. The zero-order chi connectivity index (χ0) is 12.5. The molecule has 0 unspecified atom stereocenters. The van der Waals surface area contributed by atoms with Crippen LogP contribution >= 0.6 is 0 Å². The molecule has 96 valence electrons. The summed E-state index contributed by atoms with van der Waals surface area (Å²) in [4.78, 5) is 2.39. The molecule has 0 amide bonds. The molecule has 0 radical (unpaired) electrons. The summed E-state index contributed by atoms with van der Waals surface area (Å²) >= 11 is 0. The monoisotopic (exact) mass is 244 g/mol. The van der Waals surface area contributed by atoms with Crippen molar-refractivity contribution in [3.63, 3.8) is 0 Å². The number of likely N-dealkylation sites (N-methyl/N-ethyl adjacent to an activating group) is 1. The fourth-order valence-electron chi connectivity index (χ4n) is 2.50. The van der Waals surface area contributed by atoms with E-state index in [9.17, 15) is 0 Å². The third-order valence-corrected chi connectivity index (χ3v) is 3.82. The summed E-state index contributed by atoms with van der Waals surface area (Å²) in [7, 11) is 2.19. The molecule has 4 nitrogen and oxygen atoms in total. The van der Waals surface area contributed by atoms with Crippen molar-refractivity contribution in [1.82, 2.24) is 20.0 Å². The van der Waals surface area contributed by atoms with Crippen molar-refractivity contribution >= 4 is 10.9 Å². The number of nitrogens with one attached hydrogen (secondary N) is 1. The summed E-state index contributed by atoms with van der Waals surface area (Å²) in [6, 6.07) is 9.17. The lowest BCUT2D eigenvalue weighted by atomic mass is 10.1. The zero-order valence-electron chi connectivity index (χ0n) is 11.1. The van der Waals surface area contributed by atoms with Crippen LogP contribution in [-0.2, 0) is 13.1 Å². The fraction of sp³-hybridized carbons (Fsp3) is 0.500. The van der Waals surface area contributed by atoms with Crippen molar-refractivity contribution in [2.75, 3.05) is 20.1 Å². The molecular formula is C14H20N4. The number of hydrogen-bond donors (Lipinski definition) is 1. The van der Waals surface area contributed by atoms with E-state index in [4.69, 9.17) is 5.10 Å². The average molecular weight is 244 g/mol. The SMILES string of the molecule is CCn1nc(CN(C)C2CNC2)c2ccccc21. The summed E-state index contributed by atoms with van der Waals surface area (Å²) < 4.78 is 2.09. The van der Waals surface area contributed by atoms with Crippen LogP contribution in [0.25, 0.3) is 10.9 Å². The van der Waals surface area contributed by atoms with Gasteiger partial charge in [-0.05, 0) is 20.0 Å². The van der Waals surface area contributed by atoms with Crippen LogP contribution < -0.4 is 5.32 Å². The minimum absolute atomic E-state index is 0.663. The standard InChI is InChI=1S/C14H20N4/c1-3-18-14-7-5-4-6-12(14)13(16-18)10-17(2)11-8-15-9-11/h4-7,11,15H,3,8-10H2,1-2H3. The number of nitrogens with zero attached hydrogens (tertiary/aromatic N) is 3. The first-order chi connectivity index (χ1) is 8.79. The Morgan fingerprint density at radius 1 is 1.39 bits per heavy atom. The molecule has 0 bridgehead atoms. The first kappa shape index (κ1) is 11.7. The molecule has 2 heterocycles. The number of fused-ring (bicyclic) bond motifs is 1. The van der Waals surface area contributed by atoms with E-state index >= 15 is 0 Å². The summed E-state index contributed by atoms with van der Waals surface area (Å²) in [6.45, 7) is 6.20. The number of rotatable bonds is 4. The van der Waals surface area contributed by atoms with Gasteiger partial charge in [0, 0.05) is 37.6 Å².